The Bertz CT molecular complexity index is 1220. The van der Waals surface area contributed by atoms with Crippen molar-refractivity contribution in [2.75, 3.05) is 29.1 Å². The van der Waals surface area contributed by atoms with Crippen LogP contribution in [0.15, 0.2) is 78.1 Å². The van der Waals surface area contributed by atoms with E-state index < -0.39 is 0 Å². The summed E-state index contributed by atoms with van der Waals surface area (Å²) >= 11 is 1.35. The van der Waals surface area contributed by atoms with Crippen LogP contribution in [-0.4, -0.2) is 44.5 Å². The fourth-order valence-corrected chi connectivity index (χ4v) is 4.37. The molecule has 0 spiro atoms. The lowest BCUT2D eigenvalue weighted by atomic mass is 10.2. The van der Waals surface area contributed by atoms with Crippen LogP contribution in [0.25, 0.3) is 17.2 Å². The van der Waals surface area contributed by atoms with Crippen molar-refractivity contribution in [3.05, 3.63) is 78.5 Å². The minimum atomic E-state index is -0.0987. The number of carbonyl (C=O) groups is 1. The van der Waals surface area contributed by atoms with Crippen LogP contribution in [0.1, 0.15) is 19.4 Å². The minimum Gasteiger partial charge on any atom is -0.372 e. The molecule has 174 valence electrons. The van der Waals surface area contributed by atoms with Crippen molar-refractivity contribution in [2.24, 2.45) is 0 Å². The van der Waals surface area contributed by atoms with Gasteiger partial charge in [-0.05, 0) is 69.3 Å². The second-order valence-corrected chi connectivity index (χ2v) is 8.69. The van der Waals surface area contributed by atoms with Crippen LogP contribution in [0.4, 0.5) is 11.4 Å². The van der Waals surface area contributed by atoms with Gasteiger partial charge in [-0.15, -0.1) is 10.2 Å². The van der Waals surface area contributed by atoms with E-state index in [1.54, 1.807) is 6.20 Å². The van der Waals surface area contributed by atoms with Crippen LogP contribution >= 0.6 is 11.8 Å². The molecule has 34 heavy (non-hydrogen) atoms. The van der Waals surface area contributed by atoms with Crippen molar-refractivity contribution in [3.63, 3.8) is 0 Å². The maximum Gasteiger partial charge on any atom is 0.234 e. The van der Waals surface area contributed by atoms with Crippen LogP contribution in [0, 0.1) is 6.92 Å². The molecule has 0 atom stereocenters. The number of carbonyl (C=O) groups excluding carboxylic acids is 1. The van der Waals surface area contributed by atoms with Gasteiger partial charge in [-0.3, -0.25) is 14.3 Å². The van der Waals surface area contributed by atoms with Gasteiger partial charge in [0.1, 0.15) is 5.69 Å². The summed E-state index contributed by atoms with van der Waals surface area (Å²) in [6, 6.07) is 21.7. The van der Waals surface area contributed by atoms with Crippen LogP contribution in [0.5, 0.6) is 0 Å². The molecule has 2 heterocycles. The molecule has 0 radical (unpaired) electrons. The first-order valence-electron chi connectivity index (χ1n) is 11.3. The van der Waals surface area contributed by atoms with Crippen molar-refractivity contribution < 1.29 is 4.79 Å². The number of rotatable bonds is 9. The quantitative estimate of drug-likeness (QED) is 0.337. The third-order valence-electron chi connectivity index (χ3n) is 5.43. The van der Waals surface area contributed by atoms with E-state index in [2.05, 4.69) is 39.2 Å². The van der Waals surface area contributed by atoms with Gasteiger partial charge in [0, 0.05) is 36.3 Å². The Kier molecular flexibility index (Phi) is 7.59. The SMILES string of the molecule is CCN(CC)c1ccc(NC(=O)CSc2nnc(-c3ccccn3)n2-c2ccc(C)cc2)cc1. The van der Waals surface area contributed by atoms with Crippen molar-refractivity contribution in [3.8, 4) is 17.2 Å². The predicted molar refractivity (Wildman–Crippen MR) is 139 cm³/mol. The highest BCUT2D eigenvalue weighted by atomic mass is 32.2. The first-order valence-corrected chi connectivity index (χ1v) is 12.3. The number of hydrogen-bond acceptors (Lipinski definition) is 6. The van der Waals surface area contributed by atoms with E-state index in [1.807, 2.05) is 78.2 Å². The van der Waals surface area contributed by atoms with E-state index in [0.717, 1.165) is 41.4 Å². The number of amides is 1. The summed E-state index contributed by atoms with van der Waals surface area (Å²) in [6.07, 6.45) is 1.73. The number of nitrogens with one attached hydrogen (secondary N) is 1. The minimum absolute atomic E-state index is 0.0987. The number of anilines is 2. The van der Waals surface area contributed by atoms with Crippen molar-refractivity contribution in [1.29, 1.82) is 0 Å². The van der Waals surface area contributed by atoms with Gasteiger partial charge in [0.2, 0.25) is 5.91 Å². The van der Waals surface area contributed by atoms with Crippen LogP contribution in [-0.2, 0) is 4.79 Å². The monoisotopic (exact) mass is 472 g/mol. The summed E-state index contributed by atoms with van der Waals surface area (Å²) in [5.74, 6) is 0.752. The highest BCUT2D eigenvalue weighted by molar-refractivity contribution is 7.99. The summed E-state index contributed by atoms with van der Waals surface area (Å²) < 4.78 is 1.94. The molecule has 0 saturated carbocycles. The molecular formula is C26H28N6OS. The lowest BCUT2D eigenvalue weighted by molar-refractivity contribution is -0.113. The molecule has 1 N–H and O–H groups in total. The summed E-state index contributed by atoms with van der Waals surface area (Å²) in [5, 5.41) is 12.4. The van der Waals surface area contributed by atoms with E-state index >= 15 is 0 Å². The van der Waals surface area contributed by atoms with Crippen LogP contribution in [0.2, 0.25) is 0 Å². The van der Waals surface area contributed by atoms with Crippen molar-refractivity contribution >= 4 is 29.0 Å². The number of thioether (sulfide) groups is 1. The Morgan fingerprint density at radius 3 is 2.35 bits per heavy atom. The maximum absolute atomic E-state index is 12.7. The summed E-state index contributed by atoms with van der Waals surface area (Å²) in [6.45, 7) is 8.20. The number of aromatic nitrogens is 4. The molecule has 0 aliphatic heterocycles. The predicted octanol–water partition coefficient (Wildman–Crippen LogP) is 5.21. The topological polar surface area (TPSA) is 75.9 Å². The Morgan fingerprint density at radius 2 is 1.71 bits per heavy atom. The smallest absolute Gasteiger partial charge is 0.234 e. The Balaban J connectivity index is 1.50. The number of benzene rings is 2. The van der Waals surface area contributed by atoms with E-state index in [4.69, 9.17) is 0 Å². The number of pyridine rings is 1. The van der Waals surface area contributed by atoms with Gasteiger partial charge in [0.15, 0.2) is 11.0 Å². The molecule has 0 bridgehead atoms. The third kappa shape index (κ3) is 5.46. The van der Waals surface area contributed by atoms with Gasteiger partial charge in [0.05, 0.1) is 5.75 Å². The van der Waals surface area contributed by atoms with Gasteiger partial charge in [-0.1, -0.05) is 35.5 Å². The third-order valence-corrected chi connectivity index (χ3v) is 6.36. The number of aryl methyl sites for hydroxylation is 1. The molecule has 0 fully saturated rings. The summed E-state index contributed by atoms with van der Waals surface area (Å²) in [7, 11) is 0. The van der Waals surface area contributed by atoms with Gasteiger partial charge in [0.25, 0.3) is 0 Å². The van der Waals surface area contributed by atoms with Gasteiger partial charge >= 0.3 is 0 Å². The molecule has 1 amide bonds. The zero-order valence-corrected chi connectivity index (χ0v) is 20.4. The zero-order chi connectivity index (χ0) is 23.9. The van der Waals surface area contributed by atoms with E-state index in [0.29, 0.717) is 11.0 Å². The molecule has 8 heteroatoms. The second kappa shape index (κ2) is 11.0. The van der Waals surface area contributed by atoms with Gasteiger partial charge in [-0.25, -0.2) is 0 Å². The van der Waals surface area contributed by atoms with Crippen molar-refractivity contribution in [2.45, 2.75) is 25.9 Å². The maximum atomic E-state index is 12.7. The van der Waals surface area contributed by atoms with E-state index in [1.165, 1.54) is 11.8 Å². The Hall–Kier alpha value is -3.65. The lowest BCUT2D eigenvalue weighted by Gasteiger charge is -2.21. The first kappa shape index (κ1) is 23.5. The fraction of sp³-hybridized carbons (Fsp3) is 0.231. The molecule has 2 aromatic heterocycles. The molecule has 4 aromatic rings. The van der Waals surface area contributed by atoms with Crippen molar-refractivity contribution in [1.82, 2.24) is 19.7 Å². The van der Waals surface area contributed by atoms with Crippen LogP contribution < -0.4 is 10.2 Å². The van der Waals surface area contributed by atoms with E-state index in [9.17, 15) is 4.79 Å². The van der Waals surface area contributed by atoms with Gasteiger partial charge in [-0.2, -0.15) is 0 Å². The molecule has 4 rings (SSSR count). The Labute approximate surface area is 204 Å². The summed E-state index contributed by atoms with van der Waals surface area (Å²) in [4.78, 5) is 19.4. The fourth-order valence-electron chi connectivity index (χ4n) is 3.62. The number of hydrogen-bond donors (Lipinski definition) is 1. The highest BCUT2D eigenvalue weighted by Gasteiger charge is 2.18. The Morgan fingerprint density at radius 1 is 0.971 bits per heavy atom. The molecule has 7 nitrogen and oxygen atoms in total. The largest absolute Gasteiger partial charge is 0.372 e. The highest BCUT2D eigenvalue weighted by Crippen LogP contribution is 2.27. The second-order valence-electron chi connectivity index (χ2n) is 7.75. The summed E-state index contributed by atoms with van der Waals surface area (Å²) in [5.41, 5.74) is 4.73. The zero-order valence-electron chi connectivity index (χ0n) is 19.6. The average Bonchev–Trinajstić information content (AvgIpc) is 3.29. The standard InChI is InChI=1S/C26H28N6OS/c1-4-31(5-2)21-15-11-20(12-16-21)28-24(33)18-34-26-30-29-25(23-8-6-7-17-27-23)32(26)22-13-9-19(3)10-14-22/h6-17H,4-5,18H2,1-3H3,(H,28,33). The first-order chi connectivity index (χ1) is 16.6. The van der Waals surface area contributed by atoms with Crippen LogP contribution in [0.3, 0.4) is 0 Å². The van der Waals surface area contributed by atoms with Gasteiger partial charge < -0.3 is 10.2 Å². The number of nitrogens with zero attached hydrogens (tertiary/aromatic N) is 5. The molecule has 0 aliphatic carbocycles. The average molecular weight is 473 g/mol. The lowest BCUT2D eigenvalue weighted by Crippen LogP contribution is -2.21. The van der Waals surface area contributed by atoms with E-state index in [-0.39, 0.29) is 11.7 Å². The molecule has 0 aliphatic rings. The molecular weight excluding hydrogens is 444 g/mol. The molecule has 0 unspecified atom stereocenters. The molecule has 0 saturated heterocycles. The molecule has 2 aromatic carbocycles. The normalized spacial score (nSPS) is 10.8.